The van der Waals surface area contributed by atoms with Gasteiger partial charge in [0.1, 0.15) is 5.54 Å². The Morgan fingerprint density at radius 2 is 2.28 bits per heavy atom. The number of likely N-dealkylation sites (tertiary alicyclic amines) is 1. The maximum atomic E-state index is 11.9. The van der Waals surface area contributed by atoms with E-state index in [-0.39, 0.29) is 5.97 Å². The first-order valence-corrected chi connectivity index (χ1v) is 7.16. The number of methoxy groups -OCH3 is 1. The van der Waals surface area contributed by atoms with Crippen LogP contribution in [0.2, 0.25) is 0 Å². The molecular weight excluding hydrogens is 228 g/mol. The van der Waals surface area contributed by atoms with E-state index in [1.54, 1.807) is 0 Å². The minimum atomic E-state index is -0.441. The van der Waals surface area contributed by atoms with Crippen LogP contribution in [-0.2, 0) is 9.53 Å². The maximum Gasteiger partial charge on any atom is 0.326 e. The van der Waals surface area contributed by atoms with Gasteiger partial charge in [-0.2, -0.15) is 0 Å². The molecule has 0 spiro atoms. The molecule has 104 valence electrons. The highest BCUT2D eigenvalue weighted by Crippen LogP contribution is 2.36. The number of carbonyl (C=O) groups excluding carboxylic acids is 1. The van der Waals surface area contributed by atoms with E-state index in [4.69, 9.17) is 4.74 Å². The second-order valence-electron chi connectivity index (χ2n) is 5.78. The third-order valence-electron chi connectivity index (χ3n) is 4.95. The van der Waals surface area contributed by atoms with Crippen LogP contribution in [-0.4, -0.2) is 49.7 Å². The molecule has 0 aromatic rings. The highest BCUT2D eigenvalue weighted by molar-refractivity contribution is 5.81. The molecule has 0 radical (unpaired) electrons. The average Bonchev–Trinajstić information content (AvgIpc) is 3.04. The molecule has 4 heteroatoms. The number of nitrogens with zero attached hydrogens (tertiary/aromatic N) is 1. The van der Waals surface area contributed by atoms with Gasteiger partial charge in [-0.05, 0) is 45.2 Å². The Balaban J connectivity index is 1.97. The van der Waals surface area contributed by atoms with Crippen LogP contribution in [0, 0.1) is 5.92 Å². The molecular formula is C14H26N2O2. The molecule has 0 aromatic heterocycles. The molecule has 1 saturated carbocycles. The second kappa shape index (κ2) is 5.57. The topological polar surface area (TPSA) is 41.6 Å². The predicted octanol–water partition coefficient (Wildman–Crippen LogP) is 1.40. The van der Waals surface area contributed by atoms with Crippen molar-refractivity contribution in [3.63, 3.8) is 0 Å². The van der Waals surface area contributed by atoms with E-state index in [2.05, 4.69) is 17.1 Å². The van der Waals surface area contributed by atoms with Crippen molar-refractivity contribution in [2.75, 3.05) is 27.2 Å². The van der Waals surface area contributed by atoms with Gasteiger partial charge in [-0.25, -0.2) is 0 Å². The Morgan fingerprint density at radius 3 is 2.83 bits per heavy atom. The van der Waals surface area contributed by atoms with Crippen molar-refractivity contribution in [2.24, 2.45) is 5.92 Å². The van der Waals surface area contributed by atoms with Gasteiger partial charge in [-0.15, -0.1) is 0 Å². The molecule has 2 aliphatic rings. The van der Waals surface area contributed by atoms with E-state index in [0.717, 1.165) is 25.2 Å². The van der Waals surface area contributed by atoms with Crippen LogP contribution in [0.5, 0.6) is 0 Å². The van der Waals surface area contributed by atoms with Crippen molar-refractivity contribution in [3.05, 3.63) is 0 Å². The van der Waals surface area contributed by atoms with Crippen LogP contribution in [0.25, 0.3) is 0 Å². The summed E-state index contributed by atoms with van der Waals surface area (Å²) in [6.07, 6.45) is 5.49. The minimum absolute atomic E-state index is 0.0984. The molecule has 1 saturated heterocycles. The zero-order valence-electron chi connectivity index (χ0n) is 11.9. The third kappa shape index (κ3) is 2.41. The molecule has 1 N–H and O–H groups in total. The summed E-state index contributed by atoms with van der Waals surface area (Å²) < 4.78 is 4.96. The Labute approximate surface area is 110 Å². The fraction of sp³-hybridized carbons (Fsp3) is 0.929. The Bertz CT molecular complexity index is 308. The lowest BCUT2D eigenvalue weighted by Gasteiger charge is -2.28. The maximum absolute atomic E-state index is 11.9. The number of likely N-dealkylation sites (N-methyl/N-ethyl adjacent to an activating group) is 1. The van der Waals surface area contributed by atoms with Gasteiger partial charge in [0.25, 0.3) is 0 Å². The number of carbonyl (C=O) groups is 1. The Morgan fingerprint density at radius 1 is 1.50 bits per heavy atom. The van der Waals surface area contributed by atoms with Crippen molar-refractivity contribution in [2.45, 2.75) is 50.6 Å². The van der Waals surface area contributed by atoms with Gasteiger partial charge in [0.2, 0.25) is 0 Å². The first-order chi connectivity index (χ1) is 8.65. The fourth-order valence-corrected chi connectivity index (χ4v) is 3.57. The Hall–Kier alpha value is -0.610. The molecule has 2 fully saturated rings. The first kappa shape index (κ1) is 13.8. The summed E-state index contributed by atoms with van der Waals surface area (Å²) in [7, 11) is 3.36. The van der Waals surface area contributed by atoms with Gasteiger partial charge in [0.15, 0.2) is 0 Å². The lowest BCUT2D eigenvalue weighted by atomic mass is 9.97. The fourth-order valence-electron chi connectivity index (χ4n) is 3.57. The summed E-state index contributed by atoms with van der Waals surface area (Å²) in [6, 6.07) is 0.549. The largest absolute Gasteiger partial charge is 0.468 e. The highest BCUT2D eigenvalue weighted by atomic mass is 16.5. The molecule has 0 bridgehead atoms. The third-order valence-corrected chi connectivity index (χ3v) is 4.95. The van der Waals surface area contributed by atoms with Crippen LogP contribution in [0.4, 0.5) is 0 Å². The zero-order valence-corrected chi connectivity index (χ0v) is 11.9. The lowest BCUT2D eigenvalue weighted by molar-refractivity contribution is -0.148. The van der Waals surface area contributed by atoms with Crippen molar-refractivity contribution < 1.29 is 9.53 Å². The van der Waals surface area contributed by atoms with Crippen molar-refractivity contribution in [1.29, 1.82) is 0 Å². The van der Waals surface area contributed by atoms with E-state index in [9.17, 15) is 4.79 Å². The van der Waals surface area contributed by atoms with Gasteiger partial charge in [-0.1, -0.05) is 13.3 Å². The standard InChI is InChI=1S/C14H26N2O2/c1-4-11-6-8-16(10-11)12-5-7-14(9-12,15-2)13(17)18-3/h11-12,15H,4-10H2,1-3H3. The predicted molar refractivity (Wildman–Crippen MR) is 71.4 cm³/mol. The van der Waals surface area contributed by atoms with Gasteiger partial charge in [0.05, 0.1) is 7.11 Å². The van der Waals surface area contributed by atoms with E-state index in [1.165, 1.54) is 33.0 Å². The lowest BCUT2D eigenvalue weighted by Crippen LogP contribution is -2.50. The summed E-state index contributed by atoms with van der Waals surface area (Å²) >= 11 is 0. The van der Waals surface area contributed by atoms with Crippen LogP contribution < -0.4 is 5.32 Å². The normalized spacial score (nSPS) is 37.1. The second-order valence-corrected chi connectivity index (χ2v) is 5.78. The number of nitrogens with one attached hydrogen (secondary N) is 1. The summed E-state index contributed by atoms with van der Waals surface area (Å²) in [5, 5.41) is 3.21. The molecule has 1 aliphatic heterocycles. The highest BCUT2D eigenvalue weighted by Gasteiger charge is 2.47. The SMILES string of the molecule is CCC1CCN(C2CCC(NC)(C(=O)OC)C2)C1. The van der Waals surface area contributed by atoms with E-state index in [0.29, 0.717) is 6.04 Å². The molecule has 0 aromatic carbocycles. The van der Waals surface area contributed by atoms with E-state index >= 15 is 0 Å². The first-order valence-electron chi connectivity index (χ1n) is 7.16. The molecule has 18 heavy (non-hydrogen) atoms. The van der Waals surface area contributed by atoms with E-state index in [1.807, 2.05) is 7.05 Å². The number of esters is 1. The van der Waals surface area contributed by atoms with Crippen LogP contribution >= 0.6 is 0 Å². The monoisotopic (exact) mass is 254 g/mol. The zero-order chi connectivity index (χ0) is 13.2. The average molecular weight is 254 g/mol. The van der Waals surface area contributed by atoms with Gasteiger partial charge < -0.3 is 15.0 Å². The minimum Gasteiger partial charge on any atom is -0.468 e. The summed E-state index contributed by atoms with van der Waals surface area (Å²) in [5.41, 5.74) is -0.441. The molecule has 1 aliphatic carbocycles. The number of ether oxygens (including phenoxy) is 1. The van der Waals surface area contributed by atoms with Crippen LogP contribution in [0.15, 0.2) is 0 Å². The molecule has 3 unspecified atom stereocenters. The number of hydrogen-bond acceptors (Lipinski definition) is 4. The smallest absolute Gasteiger partial charge is 0.326 e. The molecule has 0 amide bonds. The molecule has 2 rings (SSSR count). The molecule has 4 nitrogen and oxygen atoms in total. The Kier molecular flexibility index (Phi) is 4.28. The van der Waals surface area contributed by atoms with Crippen LogP contribution in [0.3, 0.4) is 0 Å². The van der Waals surface area contributed by atoms with Crippen molar-refractivity contribution >= 4 is 5.97 Å². The molecule has 1 heterocycles. The van der Waals surface area contributed by atoms with Gasteiger partial charge in [0, 0.05) is 12.6 Å². The van der Waals surface area contributed by atoms with Gasteiger partial charge >= 0.3 is 5.97 Å². The van der Waals surface area contributed by atoms with Crippen LogP contribution in [0.1, 0.15) is 39.0 Å². The quantitative estimate of drug-likeness (QED) is 0.770. The summed E-state index contributed by atoms with van der Waals surface area (Å²) in [5.74, 6) is 0.756. The number of rotatable bonds is 4. The summed E-state index contributed by atoms with van der Waals surface area (Å²) in [4.78, 5) is 14.5. The van der Waals surface area contributed by atoms with Crippen molar-refractivity contribution in [1.82, 2.24) is 10.2 Å². The summed E-state index contributed by atoms with van der Waals surface area (Å²) in [6.45, 7) is 4.68. The van der Waals surface area contributed by atoms with Gasteiger partial charge in [-0.3, -0.25) is 4.79 Å². The molecule has 3 atom stereocenters. The van der Waals surface area contributed by atoms with Crippen molar-refractivity contribution in [3.8, 4) is 0 Å². The van der Waals surface area contributed by atoms with E-state index < -0.39 is 5.54 Å². The number of hydrogen-bond donors (Lipinski definition) is 1.